The van der Waals surface area contributed by atoms with E-state index in [0.29, 0.717) is 12.1 Å². The van der Waals surface area contributed by atoms with Gasteiger partial charge in [-0.3, -0.25) is 10.1 Å². The average molecular weight is 254 g/mol. The van der Waals surface area contributed by atoms with Crippen LogP contribution in [0.5, 0.6) is 0 Å². The summed E-state index contributed by atoms with van der Waals surface area (Å²) < 4.78 is 0. The molecule has 0 amide bonds. The third-order valence-electron chi connectivity index (χ3n) is 4.78. The van der Waals surface area contributed by atoms with Gasteiger partial charge in [-0.1, -0.05) is 19.3 Å². The molecule has 1 saturated carbocycles. The van der Waals surface area contributed by atoms with Crippen LogP contribution in [0.4, 0.5) is 0 Å². The molecule has 2 fully saturated rings. The van der Waals surface area contributed by atoms with Crippen LogP contribution in [-0.4, -0.2) is 47.2 Å². The molecule has 1 aliphatic carbocycles. The lowest BCUT2D eigenvalue weighted by atomic mass is 9.81. The van der Waals surface area contributed by atoms with Gasteiger partial charge in [0.1, 0.15) is 5.54 Å². The first-order valence-electron chi connectivity index (χ1n) is 7.25. The number of likely N-dealkylation sites (tertiary alicyclic amines) is 1. The fraction of sp³-hybridized carbons (Fsp3) is 0.929. The van der Waals surface area contributed by atoms with Crippen molar-refractivity contribution in [1.29, 1.82) is 0 Å². The molecule has 0 aromatic heterocycles. The minimum Gasteiger partial charge on any atom is -0.480 e. The molecular formula is C14H26N2O2. The number of aliphatic carboxylic acids is 1. The van der Waals surface area contributed by atoms with Crippen LogP contribution in [0.2, 0.25) is 0 Å². The Bertz CT molecular complexity index is 302. The second-order valence-corrected chi connectivity index (χ2v) is 6.15. The summed E-state index contributed by atoms with van der Waals surface area (Å²) in [6.07, 6.45) is 7.50. The lowest BCUT2D eigenvalue weighted by molar-refractivity contribution is -0.148. The maximum Gasteiger partial charge on any atom is 0.324 e. The van der Waals surface area contributed by atoms with Gasteiger partial charge in [0.2, 0.25) is 0 Å². The fourth-order valence-electron chi connectivity index (χ4n) is 3.37. The van der Waals surface area contributed by atoms with Crippen LogP contribution in [-0.2, 0) is 4.79 Å². The zero-order valence-corrected chi connectivity index (χ0v) is 11.6. The van der Waals surface area contributed by atoms with Gasteiger partial charge in [-0.05, 0) is 39.7 Å². The highest BCUT2D eigenvalue weighted by atomic mass is 16.4. The Morgan fingerprint density at radius 3 is 2.56 bits per heavy atom. The number of rotatable bonds is 3. The summed E-state index contributed by atoms with van der Waals surface area (Å²) in [6.45, 7) is 2.99. The van der Waals surface area contributed by atoms with Crippen LogP contribution in [0.3, 0.4) is 0 Å². The Kier molecular flexibility index (Phi) is 4.28. The van der Waals surface area contributed by atoms with E-state index in [1.807, 2.05) is 0 Å². The summed E-state index contributed by atoms with van der Waals surface area (Å²) in [5, 5.41) is 13.1. The molecular weight excluding hydrogens is 228 g/mol. The zero-order chi connectivity index (χ0) is 13.2. The normalized spacial score (nSPS) is 35.6. The quantitative estimate of drug-likeness (QED) is 0.807. The van der Waals surface area contributed by atoms with E-state index in [1.165, 1.54) is 19.3 Å². The maximum atomic E-state index is 11.7. The van der Waals surface area contributed by atoms with Gasteiger partial charge in [0.15, 0.2) is 0 Å². The summed E-state index contributed by atoms with van der Waals surface area (Å²) >= 11 is 0. The number of carbonyl (C=O) groups is 1. The van der Waals surface area contributed by atoms with Crippen molar-refractivity contribution in [2.45, 2.75) is 69.5 Å². The molecule has 0 aromatic carbocycles. The van der Waals surface area contributed by atoms with E-state index in [9.17, 15) is 9.90 Å². The first kappa shape index (κ1) is 13.8. The van der Waals surface area contributed by atoms with Crippen LogP contribution in [0, 0.1) is 0 Å². The molecule has 2 N–H and O–H groups in total. The van der Waals surface area contributed by atoms with Gasteiger partial charge in [-0.25, -0.2) is 0 Å². The summed E-state index contributed by atoms with van der Waals surface area (Å²) in [4.78, 5) is 14.0. The van der Waals surface area contributed by atoms with E-state index in [-0.39, 0.29) is 0 Å². The molecule has 4 heteroatoms. The summed E-state index contributed by atoms with van der Waals surface area (Å²) in [7, 11) is 2.08. The standard InChI is InChI=1S/C14H26N2O2/c1-11-10-14(13(17)18,8-9-16(11)2)15-12-6-4-3-5-7-12/h11-12,15H,3-10H2,1-2H3,(H,17,18). The third-order valence-corrected chi connectivity index (χ3v) is 4.78. The first-order valence-corrected chi connectivity index (χ1v) is 7.25. The molecule has 2 unspecified atom stereocenters. The Labute approximate surface area is 110 Å². The molecule has 2 rings (SSSR count). The third kappa shape index (κ3) is 2.86. The number of hydrogen-bond acceptors (Lipinski definition) is 3. The van der Waals surface area contributed by atoms with Crippen LogP contribution in [0.25, 0.3) is 0 Å². The first-order chi connectivity index (χ1) is 8.53. The van der Waals surface area contributed by atoms with E-state index in [0.717, 1.165) is 32.2 Å². The molecule has 0 bridgehead atoms. The lowest BCUT2D eigenvalue weighted by Gasteiger charge is -2.44. The fourth-order valence-corrected chi connectivity index (χ4v) is 3.37. The van der Waals surface area contributed by atoms with E-state index >= 15 is 0 Å². The van der Waals surface area contributed by atoms with Gasteiger partial charge in [0, 0.05) is 18.6 Å². The number of carboxylic acid groups (broad SMARTS) is 1. The Morgan fingerprint density at radius 2 is 2.00 bits per heavy atom. The molecule has 2 atom stereocenters. The molecule has 104 valence electrons. The molecule has 1 heterocycles. The van der Waals surface area contributed by atoms with Gasteiger partial charge in [-0.15, -0.1) is 0 Å². The number of carboxylic acids is 1. The van der Waals surface area contributed by atoms with Crippen LogP contribution in [0.1, 0.15) is 51.9 Å². The Morgan fingerprint density at radius 1 is 1.33 bits per heavy atom. The predicted octanol–water partition coefficient (Wildman–Crippen LogP) is 1.85. The topological polar surface area (TPSA) is 52.6 Å². The van der Waals surface area contributed by atoms with Crippen molar-refractivity contribution in [3.8, 4) is 0 Å². The number of nitrogens with zero attached hydrogens (tertiary/aromatic N) is 1. The van der Waals surface area contributed by atoms with E-state index in [4.69, 9.17) is 0 Å². The van der Waals surface area contributed by atoms with Gasteiger partial charge in [0.05, 0.1) is 0 Å². The summed E-state index contributed by atoms with van der Waals surface area (Å²) in [5.41, 5.74) is -0.687. The van der Waals surface area contributed by atoms with Crippen LogP contribution < -0.4 is 5.32 Å². The van der Waals surface area contributed by atoms with Crippen molar-refractivity contribution in [3.05, 3.63) is 0 Å². The van der Waals surface area contributed by atoms with Crippen molar-refractivity contribution in [2.24, 2.45) is 0 Å². The minimum absolute atomic E-state index is 0.339. The zero-order valence-electron chi connectivity index (χ0n) is 11.6. The van der Waals surface area contributed by atoms with Crippen molar-refractivity contribution in [2.75, 3.05) is 13.6 Å². The van der Waals surface area contributed by atoms with Crippen molar-refractivity contribution >= 4 is 5.97 Å². The highest BCUT2D eigenvalue weighted by Gasteiger charge is 2.44. The molecule has 0 radical (unpaired) electrons. The summed E-state index contributed by atoms with van der Waals surface area (Å²) in [5.74, 6) is -0.659. The van der Waals surface area contributed by atoms with Gasteiger partial charge >= 0.3 is 5.97 Å². The minimum atomic E-state index is -0.687. The molecule has 2 aliphatic rings. The number of hydrogen-bond donors (Lipinski definition) is 2. The predicted molar refractivity (Wildman–Crippen MR) is 71.7 cm³/mol. The molecule has 0 spiro atoms. The van der Waals surface area contributed by atoms with Crippen molar-refractivity contribution in [3.63, 3.8) is 0 Å². The lowest BCUT2D eigenvalue weighted by Crippen LogP contribution is -2.62. The van der Waals surface area contributed by atoms with Gasteiger partial charge < -0.3 is 10.0 Å². The summed E-state index contributed by atoms with van der Waals surface area (Å²) in [6, 6.07) is 0.747. The van der Waals surface area contributed by atoms with Gasteiger partial charge in [-0.2, -0.15) is 0 Å². The highest BCUT2D eigenvalue weighted by Crippen LogP contribution is 2.29. The second kappa shape index (κ2) is 5.57. The second-order valence-electron chi connectivity index (χ2n) is 6.15. The van der Waals surface area contributed by atoms with E-state index in [2.05, 4.69) is 24.2 Å². The van der Waals surface area contributed by atoms with Crippen molar-refractivity contribution < 1.29 is 9.90 Å². The molecule has 18 heavy (non-hydrogen) atoms. The van der Waals surface area contributed by atoms with E-state index < -0.39 is 11.5 Å². The van der Waals surface area contributed by atoms with Crippen LogP contribution >= 0.6 is 0 Å². The molecule has 4 nitrogen and oxygen atoms in total. The molecule has 0 aromatic rings. The average Bonchev–Trinajstić information content (AvgIpc) is 2.35. The largest absolute Gasteiger partial charge is 0.480 e. The molecule has 1 saturated heterocycles. The van der Waals surface area contributed by atoms with Crippen LogP contribution in [0.15, 0.2) is 0 Å². The Hall–Kier alpha value is -0.610. The number of nitrogens with one attached hydrogen (secondary N) is 1. The Balaban J connectivity index is 2.04. The van der Waals surface area contributed by atoms with Gasteiger partial charge in [0.25, 0.3) is 0 Å². The smallest absolute Gasteiger partial charge is 0.324 e. The maximum absolute atomic E-state index is 11.7. The van der Waals surface area contributed by atoms with Crippen molar-refractivity contribution in [1.82, 2.24) is 10.2 Å². The number of piperidine rings is 1. The highest BCUT2D eigenvalue weighted by molar-refractivity contribution is 5.79. The monoisotopic (exact) mass is 254 g/mol. The molecule has 1 aliphatic heterocycles. The van der Waals surface area contributed by atoms with E-state index in [1.54, 1.807) is 0 Å². The SMILES string of the molecule is CC1CC(NC2CCCCC2)(C(=O)O)CCN1C.